The summed E-state index contributed by atoms with van der Waals surface area (Å²) in [6, 6.07) is 20.9. The van der Waals surface area contributed by atoms with Gasteiger partial charge in [0.1, 0.15) is 23.2 Å². The number of benzene rings is 3. The Kier molecular flexibility index (Phi) is 9.43. The number of carbonyl (C=O) groups excluding carboxylic acids is 1. The van der Waals surface area contributed by atoms with E-state index >= 15 is 0 Å². The summed E-state index contributed by atoms with van der Waals surface area (Å²) in [6.07, 6.45) is -3.51. The number of furan rings is 1. The maximum absolute atomic E-state index is 13.5. The first-order valence-corrected chi connectivity index (χ1v) is 14.2. The fourth-order valence-corrected chi connectivity index (χ4v) is 5.41. The highest BCUT2D eigenvalue weighted by Gasteiger charge is 2.30. The zero-order valence-electron chi connectivity index (χ0n) is 21.4. The van der Waals surface area contributed by atoms with Crippen LogP contribution in [0.15, 0.2) is 99.8 Å². The highest BCUT2D eigenvalue weighted by Crippen LogP contribution is 2.31. The van der Waals surface area contributed by atoms with Crippen LogP contribution in [-0.2, 0) is 34.1 Å². The molecule has 0 saturated carbocycles. The van der Waals surface area contributed by atoms with Crippen LogP contribution in [0.1, 0.15) is 22.6 Å². The van der Waals surface area contributed by atoms with Gasteiger partial charge in [-0.15, -0.1) is 0 Å². The molecule has 13 heteroatoms. The molecule has 1 heterocycles. The van der Waals surface area contributed by atoms with Crippen molar-refractivity contribution in [3.05, 3.63) is 123 Å². The van der Waals surface area contributed by atoms with Crippen molar-refractivity contribution in [3.8, 4) is 6.07 Å². The maximum Gasteiger partial charge on any atom is 0.416 e. The number of nitriles is 1. The average molecular weight is 634 g/mol. The van der Waals surface area contributed by atoms with Crippen LogP contribution < -0.4 is 5.32 Å². The predicted molar refractivity (Wildman–Crippen MR) is 152 cm³/mol. The predicted octanol–water partition coefficient (Wildman–Crippen LogP) is 7.54. The van der Waals surface area contributed by atoms with E-state index in [0.717, 1.165) is 24.3 Å². The number of halogens is 5. The fourth-order valence-electron chi connectivity index (χ4n) is 3.77. The summed E-state index contributed by atoms with van der Waals surface area (Å²) in [7, 11) is -4.04. The van der Waals surface area contributed by atoms with E-state index in [1.807, 2.05) is 0 Å². The lowest BCUT2D eigenvalue weighted by Crippen LogP contribution is -2.30. The topological polar surface area (TPSA) is 103 Å². The average Bonchev–Trinajstić information content (AvgIpc) is 3.39. The minimum Gasteiger partial charge on any atom is -0.460 e. The number of nitrogens with one attached hydrogen (secondary N) is 1. The Morgan fingerprint density at radius 1 is 0.952 bits per heavy atom. The number of hydrogen-bond acceptors (Lipinski definition) is 5. The van der Waals surface area contributed by atoms with E-state index in [2.05, 4.69) is 5.32 Å². The lowest BCUT2D eigenvalue weighted by molar-refractivity contribution is -0.137. The molecule has 4 rings (SSSR count). The SMILES string of the molecule is N#C/C(=C/c1ccc(CN(Cc2ccc(Cl)cc2)S(=O)(=O)c2ccc(Cl)cc2)o1)C(=O)Nc1cccc(C(F)(F)F)c1. The fraction of sp³-hybridized carbons (Fsp3) is 0.103. The molecule has 0 atom stereocenters. The maximum atomic E-state index is 13.5. The van der Waals surface area contributed by atoms with E-state index < -0.39 is 33.2 Å². The minimum absolute atomic E-state index is 0.00516. The molecule has 0 aliphatic heterocycles. The molecule has 4 aromatic rings. The third kappa shape index (κ3) is 7.80. The number of sulfonamides is 1. The van der Waals surface area contributed by atoms with Gasteiger partial charge in [0.25, 0.3) is 5.91 Å². The van der Waals surface area contributed by atoms with Gasteiger partial charge in [-0.3, -0.25) is 4.79 Å². The zero-order chi connectivity index (χ0) is 30.5. The second-order valence-corrected chi connectivity index (χ2v) is 11.7. The second-order valence-electron chi connectivity index (χ2n) is 8.86. The van der Waals surface area contributed by atoms with E-state index in [0.29, 0.717) is 15.6 Å². The first-order valence-electron chi connectivity index (χ1n) is 12.0. The first-order chi connectivity index (χ1) is 19.8. The number of anilines is 1. The summed E-state index contributed by atoms with van der Waals surface area (Å²) in [5.41, 5.74) is -0.904. The molecule has 0 spiro atoms. The van der Waals surface area contributed by atoms with Gasteiger partial charge in [0.2, 0.25) is 10.0 Å². The third-order valence-corrected chi connectivity index (χ3v) is 8.15. The van der Waals surface area contributed by atoms with Crippen LogP contribution in [0.5, 0.6) is 0 Å². The highest BCUT2D eigenvalue weighted by atomic mass is 35.5. The Labute approximate surface area is 249 Å². The van der Waals surface area contributed by atoms with E-state index in [9.17, 15) is 31.6 Å². The zero-order valence-corrected chi connectivity index (χ0v) is 23.7. The molecule has 0 aliphatic rings. The van der Waals surface area contributed by atoms with Gasteiger partial charge in [-0.1, -0.05) is 41.4 Å². The molecule has 0 unspecified atom stereocenters. The van der Waals surface area contributed by atoms with Crippen molar-refractivity contribution in [2.75, 3.05) is 5.32 Å². The molecule has 0 fully saturated rings. The number of carbonyl (C=O) groups is 1. The number of hydrogen-bond donors (Lipinski definition) is 1. The van der Waals surface area contributed by atoms with Gasteiger partial charge in [-0.05, 0) is 72.3 Å². The minimum atomic E-state index is -4.61. The number of nitrogens with zero attached hydrogens (tertiary/aromatic N) is 2. The lowest BCUT2D eigenvalue weighted by atomic mass is 10.1. The van der Waals surface area contributed by atoms with Crippen molar-refractivity contribution in [2.24, 2.45) is 0 Å². The quantitative estimate of drug-likeness (QED) is 0.151. The van der Waals surface area contributed by atoms with Crippen molar-refractivity contribution in [1.29, 1.82) is 5.26 Å². The molecule has 3 aromatic carbocycles. The van der Waals surface area contributed by atoms with Crippen molar-refractivity contribution < 1.29 is 30.8 Å². The van der Waals surface area contributed by atoms with Gasteiger partial charge < -0.3 is 9.73 Å². The molecular weight excluding hydrogens is 614 g/mol. The van der Waals surface area contributed by atoms with Crippen molar-refractivity contribution in [1.82, 2.24) is 4.31 Å². The molecular formula is C29H20Cl2F3N3O4S. The Hall–Kier alpha value is -4.08. The number of alkyl halides is 3. The van der Waals surface area contributed by atoms with Crippen molar-refractivity contribution in [2.45, 2.75) is 24.2 Å². The summed E-state index contributed by atoms with van der Waals surface area (Å²) >= 11 is 11.9. The summed E-state index contributed by atoms with van der Waals surface area (Å²) in [5.74, 6) is -0.705. The Balaban J connectivity index is 1.57. The largest absolute Gasteiger partial charge is 0.460 e. The summed E-state index contributed by atoms with van der Waals surface area (Å²) < 4.78 is 72.9. The molecule has 7 nitrogen and oxygen atoms in total. The van der Waals surface area contributed by atoms with Gasteiger partial charge in [0.15, 0.2) is 0 Å². The third-order valence-electron chi connectivity index (χ3n) is 5.84. The van der Waals surface area contributed by atoms with E-state index in [1.165, 1.54) is 46.8 Å². The second kappa shape index (κ2) is 12.8. The molecule has 1 aromatic heterocycles. The van der Waals surface area contributed by atoms with Gasteiger partial charge >= 0.3 is 6.18 Å². The molecule has 0 bridgehead atoms. The monoisotopic (exact) mass is 633 g/mol. The molecule has 1 N–H and O–H groups in total. The smallest absolute Gasteiger partial charge is 0.416 e. The van der Waals surface area contributed by atoms with E-state index in [-0.39, 0.29) is 35.2 Å². The summed E-state index contributed by atoms with van der Waals surface area (Å²) in [4.78, 5) is 12.6. The van der Waals surface area contributed by atoms with Crippen molar-refractivity contribution in [3.63, 3.8) is 0 Å². The normalized spacial score (nSPS) is 12.3. The van der Waals surface area contributed by atoms with E-state index in [4.69, 9.17) is 27.6 Å². The van der Waals surface area contributed by atoms with Gasteiger partial charge in [0, 0.05) is 28.4 Å². The van der Waals surface area contributed by atoms with Crippen molar-refractivity contribution >= 4 is 50.9 Å². The first kappa shape index (κ1) is 30.9. The van der Waals surface area contributed by atoms with Crippen LogP contribution in [0.3, 0.4) is 0 Å². The molecule has 0 saturated heterocycles. The highest BCUT2D eigenvalue weighted by molar-refractivity contribution is 7.89. The van der Waals surface area contributed by atoms with Crippen LogP contribution in [0, 0.1) is 11.3 Å². The molecule has 216 valence electrons. The Morgan fingerprint density at radius 3 is 2.21 bits per heavy atom. The lowest BCUT2D eigenvalue weighted by Gasteiger charge is -2.21. The Bertz CT molecular complexity index is 1760. The van der Waals surface area contributed by atoms with Crippen LogP contribution in [0.4, 0.5) is 18.9 Å². The van der Waals surface area contributed by atoms with Gasteiger partial charge in [-0.25, -0.2) is 8.42 Å². The van der Waals surface area contributed by atoms with Crippen LogP contribution in [0.2, 0.25) is 10.0 Å². The van der Waals surface area contributed by atoms with E-state index in [1.54, 1.807) is 30.3 Å². The Morgan fingerprint density at radius 2 is 1.60 bits per heavy atom. The molecule has 0 aliphatic carbocycles. The number of rotatable bonds is 9. The number of amides is 1. The van der Waals surface area contributed by atoms with Crippen LogP contribution in [0.25, 0.3) is 6.08 Å². The van der Waals surface area contributed by atoms with Gasteiger partial charge in [0.05, 0.1) is 17.0 Å². The van der Waals surface area contributed by atoms with Crippen LogP contribution in [-0.4, -0.2) is 18.6 Å². The summed E-state index contributed by atoms with van der Waals surface area (Å²) in [5, 5.41) is 12.6. The van der Waals surface area contributed by atoms with Gasteiger partial charge in [-0.2, -0.15) is 22.7 Å². The molecule has 42 heavy (non-hydrogen) atoms. The standard InChI is InChI=1S/C29H20Cl2F3N3O4S/c30-22-6-4-19(5-7-22)17-37(42(39,40)27-12-8-23(31)9-13-27)18-26-11-10-25(41-26)14-20(16-35)28(38)36-24-3-1-2-21(15-24)29(32,33)34/h1-15H,17-18H2,(H,36,38)/b20-14-. The summed E-state index contributed by atoms with van der Waals surface area (Å²) in [6.45, 7) is -0.239. The molecule has 1 amide bonds. The molecule has 0 radical (unpaired) electrons. The van der Waals surface area contributed by atoms with Crippen LogP contribution >= 0.6 is 23.2 Å².